The number of amides is 1. The van der Waals surface area contributed by atoms with Gasteiger partial charge >= 0.3 is 16.3 Å². The first-order valence-corrected chi connectivity index (χ1v) is 6.84. The van der Waals surface area contributed by atoms with Crippen LogP contribution in [0.15, 0.2) is 0 Å². The molecule has 0 aliphatic carbocycles. The van der Waals surface area contributed by atoms with E-state index < -0.39 is 21.8 Å². The van der Waals surface area contributed by atoms with Gasteiger partial charge in [-0.15, -0.1) is 0 Å². The monoisotopic (exact) mass is 283 g/mol. The fraction of sp³-hybridized carbons (Fsp3) is 0.750. The van der Waals surface area contributed by atoms with Crippen LogP contribution in [-0.4, -0.2) is 31.6 Å². The summed E-state index contributed by atoms with van der Waals surface area (Å²) in [6, 6.07) is 0. The van der Waals surface area contributed by atoms with E-state index in [4.69, 9.17) is 18.0 Å². The third kappa shape index (κ3) is 5.29. The molecule has 4 N–H and O–H groups in total. The van der Waals surface area contributed by atoms with Crippen LogP contribution >= 0.6 is 12.2 Å². The van der Waals surface area contributed by atoms with Crippen LogP contribution in [-0.2, 0) is 14.9 Å². The number of hydrogen-bond donors (Lipinski definition) is 3. The van der Waals surface area contributed by atoms with Crippen molar-refractivity contribution in [2.24, 2.45) is 5.73 Å². The van der Waals surface area contributed by atoms with Gasteiger partial charge in [0.25, 0.3) is 0 Å². The van der Waals surface area contributed by atoms with Crippen molar-refractivity contribution in [2.45, 2.75) is 32.7 Å². The van der Waals surface area contributed by atoms with Crippen LogP contribution in [0.3, 0.4) is 0 Å². The molecule has 0 radical (unpaired) electrons. The lowest BCUT2D eigenvalue weighted by Gasteiger charge is -2.27. The van der Waals surface area contributed by atoms with Crippen LogP contribution in [0, 0.1) is 0 Å². The molecule has 1 atom stereocenters. The van der Waals surface area contributed by atoms with Gasteiger partial charge in [0.05, 0.1) is 17.1 Å². The SMILES string of the molecule is CCOC(=O)NS(=O)(=O)NC(C)(CC)C(N)=S. The Balaban J connectivity index is 4.75. The number of carbonyl (C=O) groups excluding carboxylic acids is 1. The second-order valence-corrected chi connectivity index (χ2v) is 5.33. The zero-order valence-electron chi connectivity index (χ0n) is 9.94. The van der Waals surface area contributed by atoms with Crippen LogP contribution in [0.25, 0.3) is 0 Å². The minimum atomic E-state index is -4.06. The molecule has 0 rings (SSSR count). The van der Waals surface area contributed by atoms with Gasteiger partial charge in [0.15, 0.2) is 0 Å². The first kappa shape index (κ1) is 16.1. The van der Waals surface area contributed by atoms with Crippen LogP contribution < -0.4 is 15.2 Å². The van der Waals surface area contributed by atoms with Crippen molar-refractivity contribution in [3.05, 3.63) is 0 Å². The minimum absolute atomic E-state index is 0.00534. The highest BCUT2D eigenvalue weighted by molar-refractivity contribution is 7.88. The average Bonchev–Trinajstić information content (AvgIpc) is 2.15. The molecule has 0 saturated heterocycles. The van der Waals surface area contributed by atoms with E-state index in [0.717, 1.165) is 0 Å². The van der Waals surface area contributed by atoms with E-state index in [1.807, 2.05) is 0 Å². The molecule has 0 fully saturated rings. The Morgan fingerprint density at radius 3 is 2.35 bits per heavy atom. The van der Waals surface area contributed by atoms with E-state index in [1.165, 1.54) is 6.92 Å². The van der Waals surface area contributed by atoms with Crippen molar-refractivity contribution in [1.29, 1.82) is 0 Å². The molecule has 0 aliphatic heterocycles. The van der Waals surface area contributed by atoms with Crippen molar-refractivity contribution in [1.82, 2.24) is 9.44 Å². The van der Waals surface area contributed by atoms with Crippen molar-refractivity contribution >= 4 is 33.5 Å². The molecule has 7 nitrogen and oxygen atoms in total. The lowest BCUT2D eigenvalue weighted by atomic mass is 10.0. The van der Waals surface area contributed by atoms with Crippen molar-refractivity contribution in [3.63, 3.8) is 0 Å². The van der Waals surface area contributed by atoms with Gasteiger partial charge in [-0.25, -0.2) is 9.52 Å². The Morgan fingerprint density at radius 1 is 1.47 bits per heavy atom. The predicted octanol–water partition coefficient (Wildman–Crippen LogP) is 0.0217. The largest absolute Gasteiger partial charge is 0.449 e. The van der Waals surface area contributed by atoms with Crippen molar-refractivity contribution in [3.8, 4) is 0 Å². The van der Waals surface area contributed by atoms with Crippen LogP contribution in [0.5, 0.6) is 0 Å². The van der Waals surface area contributed by atoms with Gasteiger partial charge in [-0.1, -0.05) is 19.1 Å². The third-order valence-corrected chi connectivity index (χ3v) is 3.71. The number of carbonyl (C=O) groups is 1. The summed E-state index contributed by atoms with van der Waals surface area (Å²) in [5.74, 6) is 0. The Kier molecular flexibility index (Phi) is 5.79. The van der Waals surface area contributed by atoms with Gasteiger partial charge in [-0.2, -0.15) is 13.1 Å². The molecule has 0 aromatic carbocycles. The molecule has 0 heterocycles. The number of rotatable bonds is 6. The highest BCUT2D eigenvalue weighted by Gasteiger charge is 2.31. The van der Waals surface area contributed by atoms with Gasteiger partial charge < -0.3 is 10.5 Å². The minimum Gasteiger partial charge on any atom is -0.449 e. The summed E-state index contributed by atoms with van der Waals surface area (Å²) >= 11 is 4.77. The molecule has 0 aliphatic rings. The lowest BCUT2D eigenvalue weighted by molar-refractivity contribution is 0.158. The van der Waals surface area contributed by atoms with Crippen molar-refractivity contribution < 1.29 is 17.9 Å². The Labute approximate surface area is 106 Å². The topological polar surface area (TPSA) is 111 Å². The summed E-state index contributed by atoms with van der Waals surface area (Å²) in [6.07, 6.45) is -0.701. The summed E-state index contributed by atoms with van der Waals surface area (Å²) in [5.41, 5.74) is 4.35. The maximum atomic E-state index is 11.6. The first-order chi connectivity index (χ1) is 7.67. The quantitative estimate of drug-likeness (QED) is 0.593. The second-order valence-electron chi connectivity index (χ2n) is 3.48. The fourth-order valence-corrected chi connectivity index (χ4v) is 2.33. The van der Waals surface area contributed by atoms with E-state index in [2.05, 4.69) is 9.46 Å². The number of nitrogens with two attached hydrogens (primary N) is 1. The molecule has 0 spiro atoms. The highest BCUT2D eigenvalue weighted by atomic mass is 32.2. The highest BCUT2D eigenvalue weighted by Crippen LogP contribution is 2.10. The van der Waals surface area contributed by atoms with E-state index in [9.17, 15) is 13.2 Å². The smallest absolute Gasteiger partial charge is 0.421 e. The maximum absolute atomic E-state index is 11.6. The van der Waals surface area contributed by atoms with Crippen LogP contribution in [0.1, 0.15) is 27.2 Å². The normalized spacial score (nSPS) is 14.8. The molecular weight excluding hydrogens is 266 g/mol. The van der Waals surface area contributed by atoms with E-state index in [1.54, 1.807) is 18.6 Å². The van der Waals surface area contributed by atoms with Crippen molar-refractivity contribution in [2.75, 3.05) is 6.61 Å². The molecule has 9 heteroatoms. The summed E-state index contributed by atoms with van der Waals surface area (Å²) in [4.78, 5) is 11.0. The molecule has 0 aromatic heterocycles. The average molecular weight is 283 g/mol. The molecule has 0 aromatic rings. The first-order valence-electron chi connectivity index (χ1n) is 4.95. The molecule has 0 saturated carbocycles. The van der Waals surface area contributed by atoms with E-state index >= 15 is 0 Å². The summed E-state index contributed by atoms with van der Waals surface area (Å²) in [5, 5.41) is 0. The number of nitrogens with one attached hydrogen (secondary N) is 2. The molecule has 1 unspecified atom stereocenters. The zero-order chi connectivity index (χ0) is 13.7. The van der Waals surface area contributed by atoms with Gasteiger partial charge in [-0.05, 0) is 20.3 Å². The summed E-state index contributed by atoms with van der Waals surface area (Å²) in [7, 11) is -4.06. The Bertz CT molecular complexity index is 396. The van der Waals surface area contributed by atoms with E-state index in [0.29, 0.717) is 6.42 Å². The second kappa shape index (κ2) is 6.12. The molecule has 1 amide bonds. The Hall–Kier alpha value is -0.930. The number of thiocarbonyl (C=S) groups is 1. The van der Waals surface area contributed by atoms with Crippen LogP contribution in [0.4, 0.5) is 4.79 Å². The summed E-state index contributed by atoms with van der Waals surface area (Å²) in [6.45, 7) is 4.87. The Morgan fingerprint density at radius 2 is 2.00 bits per heavy atom. The van der Waals surface area contributed by atoms with Gasteiger partial charge in [0, 0.05) is 0 Å². The number of hydrogen-bond acceptors (Lipinski definition) is 5. The number of ether oxygens (including phenoxy) is 1. The van der Waals surface area contributed by atoms with Gasteiger partial charge in [-0.3, -0.25) is 0 Å². The third-order valence-electron chi connectivity index (χ3n) is 2.10. The fourth-order valence-electron chi connectivity index (χ4n) is 0.889. The molecule has 0 bridgehead atoms. The van der Waals surface area contributed by atoms with Gasteiger partial charge in [0.2, 0.25) is 0 Å². The van der Waals surface area contributed by atoms with E-state index in [-0.39, 0.29) is 11.6 Å². The summed E-state index contributed by atoms with van der Waals surface area (Å²) < 4.78 is 31.5. The molecule has 100 valence electrons. The maximum Gasteiger partial charge on any atom is 0.421 e. The molecule has 17 heavy (non-hydrogen) atoms. The lowest BCUT2D eigenvalue weighted by Crippen LogP contribution is -2.57. The van der Waals surface area contributed by atoms with Gasteiger partial charge in [0.1, 0.15) is 0 Å². The standard InChI is InChI=1S/C8H17N3O4S2/c1-4-8(3,6(9)16)11-17(13,14)10-7(12)15-5-2/h11H,4-5H2,1-3H3,(H2,9,16)(H,10,12). The zero-order valence-corrected chi connectivity index (χ0v) is 11.6. The predicted molar refractivity (Wildman–Crippen MR) is 67.7 cm³/mol. The molecular formula is C8H17N3O4S2. The van der Waals surface area contributed by atoms with Crippen LogP contribution in [0.2, 0.25) is 0 Å².